The molecule has 1 amide bonds. The number of nitrogens with one attached hydrogen (secondary N) is 1. The molecule has 0 aliphatic heterocycles. The summed E-state index contributed by atoms with van der Waals surface area (Å²) in [5.41, 5.74) is 0. The van der Waals surface area contributed by atoms with Crippen molar-refractivity contribution < 1.29 is 4.79 Å². The van der Waals surface area contributed by atoms with Crippen LogP contribution in [0.3, 0.4) is 0 Å². The third kappa shape index (κ3) is 7.65. The average molecular weight is 229 g/mol. The quantitative estimate of drug-likeness (QED) is 0.663. The Labute approximate surface area is 100.0 Å². The van der Waals surface area contributed by atoms with Crippen molar-refractivity contribution in [2.24, 2.45) is 5.92 Å². The highest BCUT2D eigenvalue weighted by molar-refractivity contribution is 5.78. The van der Waals surface area contributed by atoms with Gasteiger partial charge in [0.25, 0.3) is 0 Å². The van der Waals surface area contributed by atoms with E-state index in [0.29, 0.717) is 0 Å². The average Bonchev–Trinajstić information content (AvgIpc) is 2.24. The summed E-state index contributed by atoms with van der Waals surface area (Å²) in [7, 11) is 6.22. The Balaban J connectivity index is 3.54. The second-order valence-corrected chi connectivity index (χ2v) is 4.71. The van der Waals surface area contributed by atoms with E-state index in [1.165, 1.54) is 0 Å². The molecule has 16 heavy (non-hydrogen) atoms. The number of likely N-dealkylation sites (N-methyl/N-ethyl adjacent to an activating group) is 2. The van der Waals surface area contributed by atoms with Crippen molar-refractivity contribution in [1.82, 2.24) is 15.1 Å². The maximum absolute atomic E-state index is 11.5. The molecule has 0 aliphatic rings. The summed E-state index contributed by atoms with van der Waals surface area (Å²) in [5.74, 6) is 0.301. The van der Waals surface area contributed by atoms with Crippen molar-refractivity contribution in [2.75, 3.05) is 47.3 Å². The first-order valence-electron chi connectivity index (χ1n) is 6.08. The zero-order valence-electron chi connectivity index (χ0n) is 11.4. The van der Waals surface area contributed by atoms with Gasteiger partial charge in [-0.1, -0.05) is 13.8 Å². The molecule has 0 aromatic rings. The Morgan fingerprint density at radius 1 is 1.19 bits per heavy atom. The van der Waals surface area contributed by atoms with Crippen LogP contribution in [0, 0.1) is 5.92 Å². The molecule has 0 rings (SSSR count). The van der Waals surface area contributed by atoms with Gasteiger partial charge in [-0.25, -0.2) is 0 Å². The highest BCUT2D eigenvalue weighted by atomic mass is 16.1. The number of carbonyl (C=O) groups is 1. The lowest BCUT2D eigenvalue weighted by Crippen LogP contribution is -2.37. The van der Waals surface area contributed by atoms with Gasteiger partial charge in [0.1, 0.15) is 0 Å². The first-order chi connectivity index (χ1) is 7.47. The fourth-order valence-corrected chi connectivity index (χ4v) is 1.21. The van der Waals surface area contributed by atoms with Gasteiger partial charge in [-0.3, -0.25) is 4.79 Å². The van der Waals surface area contributed by atoms with Crippen LogP contribution in [0.25, 0.3) is 0 Å². The van der Waals surface area contributed by atoms with Crippen LogP contribution in [-0.2, 0) is 4.79 Å². The highest BCUT2D eigenvalue weighted by Crippen LogP contribution is 1.98. The predicted octanol–water partition coefficient (Wildman–Crippen LogP) is 0.642. The standard InChI is InChI=1S/C12H27N3O/c1-6-11(2)12(16)13-7-8-15(5)10-9-14(3)4/h11H,6-10H2,1-5H3,(H,13,16). The SMILES string of the molecule is CCC(C)C(=O)NCCN(C)CCN(C)C. The van der Waals surface area contributed by atoms with Gasteiger partial charge in [-0.2, -0.15) is 0 Å². The zero-order chi connectivity index (χ0) is 12.6. The van der Waals surface area contributed by atoms with Crippen LogP contribution in [0.5, 0.6) is 0 Å². The minimum atomic E-state index is 0.132. The van der Waals surface area contributed by atoms with Crippen molar-refractivity contribution in [3.63, 3.8) is 0 Å². The molecule has 1 N–H and O–H groups in total. The minimum Gasteiger partial charge on any atom is -0.355 e. The molecular weight excluding hydrogens is 202 g/mol. The lowest BCUT2D eigenvalue weighted by Gasteiger charge is -2.19. The van der Waals surface area contributed by atoms with Gasteiger partial charge in [0.15, 0.2) is 0 Å². The van der Waals surface area contributed by atoms with Crippen molar-refractivity contribution in [3.8, 4) is 0 Å². The maximum Gasteiger partial charge on any atom is 0.222 e. The molecule has 1 unspecified atom stereocenters. The van der Waals surface area contributed by atoms with Crippen molar-refractivity contribution in [2.45, 2.75) is 20.3 Å². The van der Waals surface area contributed by atoms with E-state index in [1.807, 2.05) is 13.8 Å². The Morgan fingerprint density at radius 2 is 1.81 bits per heavy atom. The van der Waals surface area contributed by atoms with E-state index in [4.69, 9.17) is 0 Å². The van der Waals surface area contributed by atoms with Crippen molar-refractivity contribution >= 4 is 5.91 Å². The van der Waals surface area contributed by atoms with Gasteiger partial charge in [-0.15, -0.1) is 0 Å². The summed E-state index contributed by atoms with van der Waals surface area (Å²) in [6, 6.07) is 0. The van der Waals surface area contributed by atoms with Gasteiger partial charge in [0, 0.05) is 32.1 Å². The van der Waals surface area contributed by atoms with Gasteiger partial charge in [0.05, 0.1) is 0 Å². The Kier molecular flexibility index (Phi) is 8.21. The lowest BCUT2D eigenvalue weighted by molar-refractivity contribution is -0.124. The van der Waals surface area contributed by atoms with Crippen LogP contribution in [-0.4, -0.2) is 63.0 Å². The fourth-order valence-electron chi connectivity index (χ4n) is 1.21. The third-order valence-electron chi connectivity index (χ3n) is 2.78. The highest BCUT2D eigenvalue weighted by Gasteiger charge is 2.09. The fraction of sp³-hybridized carbons (Fsp3) is 0.917. The number of rotatable bonds is 8. The van der Waals surface area contributed by atoms with Crippen molar-refractivity contribution in [1.29, 1.82) is 0 Å². The van der Waals surface area contributed by atoms with E-state index in [9.17, 15) is 4.79 Å². The van der Waals surface area contributed by atoms with E-state index in [-0.39, 0.29) is 11.8 Å². The van der Waals surface area contributed by atoms with E-state index >= 15 is 0 Å². The van der Waals surface area contributed by atoms with Crippen LogP contribution >= 0.6 is 0 Å². The predicted molar refractivity (Wildman–Crippen MR) is 68.5 cm³/mol. The van der Waals surface area contributed by atoms with E-state index in [1.54, 1.807) is 0 Å². The van der Waals surface area contributed by atoms with E-state index in [2.05, 4.69) is 36.3 Å². The molecule has 0 fully saturated rings. The smallest absolute Gasteiger partial charge is 0.222 e. The molecule has 96 valence electrons. The molecule has 4 heteroatoms. The van der Waals surface area contributed by atoms with Crippen LogP contribution in [0.4, 0.5) is 0 Å². The molecule has 0 aromatic carbocycles. The first kappa shape index (κ1) is 15.4. The number of carbonyl (C=O) groups excluding carboxylic acids is 1. The molecule has 0 bridgehead atoms. The zero-order valence-corrected chi connectivity index (χ0v) is 11.4. The number of nitrogens with zero attached hydrogens (tertiary/aromatic N) is 2. The Hall–Kier alpha value is -0.610. The Bertz CT molecular complexity index is 195. The number of hydrogen-bond acceptors (Lipinski definition) is 3. The second-order valence-electron chi connectivity index (χ2n) is 4.71. The Morgan fingerprint density at radius 3 is 2.31 bits per heavy atom. The summed E-state index contributed by atoms with van der Waals surface area (Å²) in [6.45, 7) is 7.74. The monoisotopic (exact) mass is 229 g/mol. The summed E-state index contributed by atoms with van der Waals surface area (Å²) in [4.78, 5) is 15.9. The maximum atomic E-state index is 11.5. The molecule has 0 radical (unpaired) electrons. The van der Waals surface area contributed by atoms with Crippen LogP contribution in [0.15, 0.2) is 0 Å². The molecular formula is C12H27N3O. The second kappa shape index (κ2) is 8.53. The largest absolute Gasteiger partial charge is 0.355 e. The molecule has 0 aliphatic carbocycles. The molecule has 0 saturated heterocycles. The molecule has 0 heterocycles. The summed E-state index contributed by atoms with van der Waals surface area (Å²) in [5, 5.41) is 2.96. The van der Waals surface area contributed by atoms with E-state index in [0.717, 1.165) is 32.6 Å². The normalized spacial score (nSPS) is 13.2. The van der Waals surface area contributed by atoms with E-state index < -0.39 is 0 Å². The van der Waals surface area contributed by atoms with Crippen LogP contribution in [0.1, 0.15) is 20.3 Å². The number of hydrogen-bond donors (Lipinski definition) is 1. The van der Waals surface area contributed by atoms with Gasteiger partial charge in [0.2, 0.25) is 5.91 Å². The minimum absolute atomic E-state index is 0.132. The molecule has 1 atom stereocenters. The van der Waals surface area contributed by atoms with Gasteiger partial charge >= 0.3 is 0 Å². The van der Waals surface area contributed by atoms with Crippen molar-refractivity contribution in [3.05, 3.63) is 0 Å². The topological polar surface area (TPSA) is 35.6 Å². The van der Waals surface area contributed by atoms with Gasteiger partial charge in [-0.05, 0) is 27.6 Å². The lowest BCUT2D eigenvalue weighted by atomic mass is 10.1. The summed E-state index contributed by atoms with van der Waals surface area (Å²) >= 11 is 0. The molecule has 0 aromatic heterocycles. The summed E-state index contributed by atoms with van der Waals surface area (Å²) in [6.07, 6.45) is 0.905. The first-order valence-corrected chi connectivity index (χ1v) is 6.08. The van der Waals surface area contributed by atoms with Gasteiger partial charge < -0.3 is 15.1 Å². The summed E-state index contributed by atoms with van der Waals surface area (Å²) < 4.78 is 0. The molecule has 0 spiro atoms. The van der Waals surface area contributed by atoms with Crippen LogP contribution in [0.2, 0.25) is 0 Å². The molecule has 0 saturated carbocycles. The third-order valence-corrected chi connectivity index (χ3v) is 2.78. The number of amides is 1. The van der Waals surface area contributed by atoms with Crippen LogP contribution < -0.4 is 5.32 Å². The molecule has 4 nitrogen and oxygen atoms in total.